The first-order valence-corrected chi connectivity index (χ1v) is 5.94. The number of carboxylic acids is 1. The number of carbonyl (C=O) groups is 2. The second kappa shape index (κ2) is 5.41. The fourth-order valence-electron chi connectivity index (χ4n) is 1.96. The number of benzene rings is 1. The zero-order chi connectivity index (χ0) is 14.7. The van der Waals surface area contributed by atoms with Crippen LogP contribution in [-0.4, -0.2) is 21.4 Å². The molecule has 2 aromatic rings. The Labute approximate surface area is 115 Å². The number of hydrogen-bond donors (Lipinski definition) is 1. The first-order valence-electron chi connectivity index (χ1n) is 5.94. The summed E-state index contributed by atoms with van der Waals surface area (Å²) in [6.07, 6.45) is -0.128. The van der Waals surface area contributed by atoms with Crippen molar-refractivity contribution in [1.82, 2.24) is 4.57 Å². The van der Waals surface area contributed by atoms with Crippen molar-refractivity contribution in [3.05, 3.63) is 58.9 Å². The van der Waals surface area contributed by atoms with E-state index in [2.05, 4.69) is 0 Å². The Hall–Kier alpha value is -2.87. The molecule has 0 spiro atoms. The van der Waals surface area contributed by atoms with Crippen molar-refractivity contribution in [3.8, 4) is 6.07 Å². The monoisotopic (exact) mass is 268 g/mol. The van der Waals surface area contributed by atoms with Crippen LogP contribution in [0.3, 0.4) is 0 Å². The second-order valence-corrected chi connectivity index (χ2v) is 4.36. The molecule has 1 aromatic carbocycles. The summed E-state index contributed by atoms with van der Waals surface area (Å²) in [5.74, 6) is -1.14. The van der Waals surface area contributed by atoms with Gasteiger partial charge >= 0.3 is 5.97 Å². The molecule has 1 N–H and O–H groups in total. The predicted molar refractivity (Wildman–Crippen MR) is 71.3 cm³/mol. The molecular weight excluding hydrogens is 256 g/mol. The van der Waals surface area contributed by atoms with E-state index in [-0.39, 0.29) is 12.2 Å². The van der Waals surface area contributed by atoms with Crippen LogP contribution in [0.15, 0.2) is 36.4 Å². The number of nitriles is 1. The molecule has 0 unspecified atom stereocenters. The quantitative estimate of drug-likeness (QED) is 0.856. The average Bonchev–Trinajstić information content (AvgIpc) is 2.79. The lowest BCUT2D eigenvalue weighted by atomic mass is 10.1. The standard InChI is InChI=1S/C15H12N2O3/c1-17-12(8-14(18)19)6-7-13(17)15(20)11-4-2-10(9-16)3-5-11/h2-7H,8H2,1H3,(H,18,19). The number of carboxylic acid groups (broad SMARTS) is 1. The fraction of sp³-hybridized carbons (Fsp3) is 0.133. The lowest BCUT2D eigenvalue weighted by molar-refractivity contribution is -0.136. The van der Waals surface area contributed by atoms with Crippen molar-refractivity contribution in [2.24, 2.45) is 7.05 Å². The normalized spacial score (nSPS) is 10.0. The highest BCUT2D eigenvalue weighted by atomic mass is 16.4. The average molecular weight is 268 g/mol. The number of rotatable bonds is 4. The number of carbonyl (C=O) groups excluding carboxylic acids is 1. The van der Waals surface area contributed by atoms with Gasteiger partial charge in [-0.25, -0.2) is 0 Å². The van der Waals surface area contributed by atoms with E-state index in [1.54, 1.807) is 48.0 Å². The van der Waals surface area contributed by atoms with Crippen LogP contribution in [0.4, 0.5) is 0 Å². The van der Waals surface area contributed by atoms with E-state index in [0.717, 1.165) is 0 Å². The van der Waals surface area contributed by atoms with Crippen LogP contribution in [0, 0.1) is 11.3 Å². The van der Waals surface area contributed by atoms with Gasteiger partial charge in [-0.15, -0.1) is 0 Å². The summed E-state index contributed by atoms with van der Waals surface area (Å²) < 4.78 is 1.58. The topological polar surface area (TPSA) is 83.1 Å². The van der Waals surface area contributed by atoms with E-state index < -0.39 is 5.97 Å². The van der Waals surface area contributed by atoms with Crippen molar-refractivity contribution in [2.75, 3.05) is 0 Å². The highest BCUT2D eigenvalue weighted by molar-refractivity contribution is 6.08. The molecule has 0 fully saturated rings. The molecule has 5 heteroatoms. The number of ketones is 1. The molecule has 0 radical (unpaired) electrons. The number of nitrogens with zero attached hydrogens (tertiary/aromatic N) is 2. The Morgan fingerprint density at radius 2 is 1.85 bits per heavy atom. The maximum Gasteiger partial charge on any atom is 0.309 e. The molecule has 1 heterocycles. The Bertz CT molecular complexity index is 706. The van der Waals surface area contributed by atoms with E-state index >= 15 is 0 Å². The Kier molecular flexibility index (Phi) is 3.67. The third kappa shape index (κ3) is 2.59. The molecule has 1 aromatic heterocycles. The molecule has 0 aliphatic carbocycles. The molecule has 0 amide bonds. The van der Waals surface area contributed by atoms with E-state index in [4.69, 9.17) is 10.4 Å². The Morgan fingerprint density at radius 3 is 2.40 bits per heavy atom. The molecule has 0 bridgehead atoms. The van der Waals surface area contributed by atoms with Crippen LogP contribution in [0.5, 0.6) is 0 Å². The van der Waals surface area contributed by atoms with Crippen LogP contribution in [0.2, 0.25) is 0 Å². The number of aliphatic carboxylic acids is 1. The third-order valence-corrected chi connectivity index (χ3v) is 3.07. The first kappa shape index (κ1) is 13.6. The van der Waals surface area contributed by atoms with Gasteiger partial charge in [-0.05, 0) is 36.4 Å². The van der Waals surface area contributed by atoms with Crippen LogP contribution >= 0.6 is 0 Å². The van der Waals surface area contributed by atoms with Crippen LogP contribution < -0.4 is 0 Å². The van der Waals surface area contributed by atoms with E-state index in [1.807, 2.05) is 6.07 Å². The summed E-state index contributed by atoms with van der Waals surface area (Å²) >= 11 is 0. The smallest absolute Gasteiger partial charge is 0.309 e. The summed E-state index contributed by atoms with van der Waals surface area (Å²) in [6.45, 7) is 0. The molecular formula is C15H12N2O3. The molecule has 2 rings (SSSR count). The predicted octanol–water partition coefficient (Wildman–Crippen LogP) is 1.75. The van der Waals surface area contributed by atoms with Gasteiger partial charge in [-0.2, -0.15) is 5.26 Å². The van der Waals surface area contributed by atoms with Crippen LogP contribution in [0.25, 0.3) is 0 Å². The molecule has 0 aliphatic heterocycles. The maximum absolute atomic E-state index is 12.3. The van der Waals surface area contributed by atoms with E-state index in [1.165, 1.54) is 0 Å². The lowest BCUT2D eigenvalue weighted by Crippen LogP contribution is -2.11. The van der Waals surface area contributed by atoms with Gasteiger partial charge in [0.15, 0.2) is 0 Å². The van der Waals surface area contributed by atoms with Crippen molar-refractivity contribution in [3.63, 3.8) is 0 Å². The van der Waals surface area contributed by atoms with Gasteiger partial charge in [0.05, 0.1) is 23.7 Å². The highest BCUT2D eigenvalue weighted by Crippen LogP contribution is 2.14. The maximum atomic E-state index is 12.3. The summed E-state index contributed by atoms with van der Waals surface area (Å²) in [4.78, 5) is 23.0. The van der Waals surface area contributed by atoms with Crippen LogP contribution in [0.1, 0.15) is 27.3 Å². The van der Waals surface area contributed by atoms with Gasteiger partial charge in [0.2, 0.25) is 5.78 Å². The van der Waals surface area contributed by atoms with E-state index in [0.29, 0.717) is 22.5 Å². The second-order valence-electron chi connectivity index (χ2n) is 4.36. The summed E-state index contributed by atoms with van der Waals surface area (Å²) in [7, 11) is 1.66. The SMILES string of the molecule is Cn1c(CC(=O)O)ccc1C(=O)c1ccc(C#N)cc1. The highest BCUT2D eigenvalue weighted by Gasteiger charge is 2.15. The van der Waals surface area contributed by atoms with Crippen LogP contribution in [-0.2, 0) is 18.3 Å². The van der Waals surface area contributed by atoms with Gasteiger partial charge < -0.3 is 9.67 Å². The van der Waals surface area contributed by atoms with Crippen molar-refractivity contribution in [1.29, 1.82) is 5.26 Å². The van der Waals surface area contributed by atoms with Crippen molar-refractivity contribution >= 4 is 11.8 Å². The zero-order valence-electron chi connectivity index (χ0n) is 10.8. The molecule has 20 heavy (non-hydrogen) atoms. The number of aromatic nitrogens is 1. The molecule has 0 atom stereocenters. The van der Waals surface area contributed by atoms with Gasteiger partial charge in [-0.1, -0.05) is 0 Å². The minimum Gasteiger partial charge on any atom is -0.481 e. The molecule has 5 nitrogen and oxygen atoms in total. The van der Waals surface area contributed by atoms with Gasteiger partial charge in [0, 0.05) is 18.3 Å². The summed E-state index contributed by atoms with van der Waals surface area (Å²) in [5, 5.41) is 17.5. The first-order chi connectivity index (χ1) is 9.52. The molecule has 0 aliphatic rings. The largest absolute Gasteiger partial charge is 0.481 e. The van der Waals surface area contributed by atoms with Gasteiger partial charge in [0.1, 0.15) is 0 Å². The lowest BCUT2D eigenvalue weighted by Gasteiger charge is -2.06. The molecule has 100 valence electrons. The van der Waals surface area contributed by atoms with E-state index in [9.17, 15) is 9.59 Å². The molecule has 0 saturated carbocycles. The van der Waals surface area contributed by atoms with Gasteiger partial charge in [-0.3, -0.25) is 9.59 Å². The summed E-state index contributed by atoms with van der Waals surface area (Å²) in [6, 6.07) is 11.6. The van der Waals surface area contributed by atoms with Crippen molar-refractivity contribution < 1.29 is 14.7 Å². The van der Waals surface area contributed by atoms with Crippen molar-refractivity contribution in [2.45, 2.75) is 6.42 Å². The zero-order valence-corrected chi connectivity index (χ0v) is 10.8. The Morgan fingerprint density at radius 1 is 1.20 bits per heavy atom. The fourth-order valence-corrected chi connectivity index (χ4v) is 1.96. The minimum atomic E-state index is -0.941. The minimum absolute atomic E-state index is 0.128. The Balaban J connectivity index is 2.31. The van der Waals surface area contributed by atoms with Gasteiger partial charge in [0.25, 0.3) is 0 Å². The number of hydrogen-bond acceptors (Lipinski definition) is 3. The third-order valence-electron chi connectivity index (χ3n) is 3.07. The molecule has 0 saturated heterocycles. The summed E-state index contributed by atoms with van der Waals surface area (Å²) in [5.41, 5.74) is 1.94.